The highest BCUT2D eigenvalue weighted by molar-refractivity contribution is 7.51. The van der Waals surface area contributed by atoms with E-state index in [2.05, 4.69) is 0 Å². The molecule has 31 heavy (non-hydrogen) atoms. The fourth-order valence-electron chi connectivity index (χ4n) is 3.97. The van der Waals surface area contributed by atoms with Crippen LogP contribution >= 0.6 is 7.75 Å². The Hall–Kier alpha value is -2.33. The Morgan fingerprint density at radius 2 is 1.94 bits per heavy atom. The third-order valence-corrected chi connectivity index (χ3v) is 7.63. The fraction of sp³-hybridized carbons (Fsp3) is 0.474. The predicted octanol–water partition coefficient (Wildman–Crippen LogP) is 2.91. The van der Waals surface area contributed by atoms with Crippen LogP contribution in [0.15, 0.2) is 17.1 Å². The summed E-state index contributed by atoms with van der Waals surface area (Å²) in [5.41, 5.74) is -1.99. The summed E-state index contributed by atoms with van der Waals surface area (Å²) >= 11 is 0. The molecule has 0 aliphatic carbocycles. The number of aryl methyl sites for hydroxylation is 1. The third-order valence-electron chi connectivity index (χ3n) is 5.49. The van der Waals surface area contributed by atoms with Gasteiger partial charge in [-0.05, 0) is 19.9 Å². The zero-order valence-electron chi connectivity index (χ0n) is 17.6. The summed E-state index contributed by atoms with van der Waals surface area (Å²) in [6, 6.07) is 0.456. The van der Waals surface area contributed by atoms with Gasteiger partial charge in [-0.15, -0.1) is 0 Å². The average molecular weight is 459 g/mol. The largest absolute Gasteiger partial charge is 0.477 e. The van der Waals surface area contributed by atoms with Crippen LogP contribution < -0.4 is 10.3 Å². The minimum atomic E-state index is -3.51. The molecule has 1 aromatic carbocycles. The number of aromatic nitrogens is 1. The number of carboxylic acids is 1. The van der Waals surface area contributed by atoms with Crippen molar-refractivity contribution in [1.29, 1.82) is 0 Å². The molecule has 0 bridgehead atoms. The van der Waals surface area contributed by atoms with Gasteiger partial charge in [-0.2, -0.15) is 0 Å². The number of hydrogen-bond acceptors (Lipinski definition) is 6. The van der Waals surface area contributed by atoms with E-state index in [0.717, 1.165) is 12.3 Å². The van der Waals surface area contributed by atoms with Gasteiger partial charge < -0.3 is 14.6 Å². The highest BCUT2D eigenvalue weighted by atomic mass is 31.2. The molecular formula is C19H24F2N3O6P. The molecule has 0 amide bonds. The van der Waals surface area contributed by atoms with Crippen LogP contribution in [0.25, 0.3) is 10.9 Å². The quantitative estimate of drug-likeness (QED) is 0.659. The van der Waals surface area contributed by atoms with Gasteiger partial charge >= 0.3 is 13.7 Å². The molecule has 12 heteroatoms. The van der Waals surface area contributed by atoms with Gasteiger partial charge in [-0.3, -0.25) is 13.8 Å². The standard InChI is InChI=1S/C19H24F2N3O6P/c1-5-22-10-13(19(26)27)18(25)12-8-14(20)17(15(21)16(12)22)23-6-7-24(11(2)9-23)31(28,29-3)30-4/h8,10-11H,5-7,9H2,1-4H3,(H,26,27). The highest BCUT2D eigenvalue weighted by Crippen LogP contribution is 2.52. The normalized spacial score (nSPS) is 18.0. The first-order valence-electron chi connectivity index (χ1n) is 9.61. The lowest BCUT2D eigenvalue weighted by molar-refractivity contribution is 0.0694. The van der Waals surface area contributed by atoms with Crippen molar-refractivity contribution >= 4 is 30.3 Å². The van der Waals surface area contributed by atoms with E-state index in [0.29, 0.717) is 0 Å². The lowest BCUT2D eigenvalue weighted by Crippen LogP contribution is -2.51. The maximum Gasteiger partial charge on any atom is 0.407 e. The van der Waals surface area contributed by atoms with Crippen LogP contribution in [-0.2, 0) is 20.2 Å². The second-order valence-electron chi connectivity index (χ2n) is 7.17. The number of aromatic carboxylic acids is 1. The number of nitrogens with zero attached hydrogens (tertiary/aromatic N) is 3. The fourth-order valence-corrected chi connectivity index (χ4v) is 5.43. The number of carboxylic acid groups (broad SMARTS) is 1. The Bertz CT molecular complexity index is 1130. The molecule has 9 nitrogen and oxygen atoms in total. The summed E-state index contributed by atoms with van der Waals surface area (Å²) in [4.78, 5) is 25.3. The van der Waals surface area contributed by atoms with Crippen LogP contribution in [0.1, 0.15) is 24.2 Å². The Kier molecular flexibility index (Phi) is 6.52. The average Bonchev–Trinajstić information content (AvgIpc) is 2.73. The van der Waals surface area contributed by atoms with E-state index >= 15 is 8.78 Å². The molecule has 0 spiro atoms. The molecular weight excluding hydrogens is 435 g/mol. The van der Waals surface area contributed by atoms with Crippen LogP contribution in [0, 0.1) is 11.6 Å². The molecule has 2 aromatic rings. The number of piperazine rings is 1. The molecule has 1 saturated heterocycles. The number of halogens is 2. The smallest absolute Gasteiger partial charge is 0.407 e. The van der Waals surface area contributed by atoms with Gasteiger partial charge in [0.15, 0.2) is 5.82 Å². The second kappa shape index (κ2) is 8.66. The van der Waals surface area contributed by atoms with Gasteiger partial charge in [0, 0.05) is 52.6 Å². The van der Waals surface area contributed by atoms with Gasteiger partial charge in [0.1, 0.15) is 17.1 Å². The van der Waals surface area contributed by atoms with E-state index in [4.69, 9.17) is 9.05 Å². The second-order valence-corrected chi connectivity index (χ2v) is 9.35. The van der Waals surface area contributed by atoms with Crippen molar-refractivity contribution in [3.8, 4) is 0 Å². The van der Waals surface area contributed by atoms with Crippen LogP contribution in [0.4, 0.5) is 14.5 Å². The molecule has 1 fully saturated rings. The van der Waals surface area contributed by atoms with Crippen molar-refractivity contribution in [2.75, 3.05) is 38.8 Å². The van der Waals surface area contributed by atoms with E-state index in [1.807, 2.05) is 0 Å². The first kappa shape index (κ1) is 23.3. The molecule has 3 rings (SSSR count). The van der Waals surface area contributed by atoms with Crippen LogP contribution in [0.3, 0.4) is 0 Å². The highest BCUT2D eigenvalue weighted by Gasteiger charge is 2.39. The summed E-state index contributed by atoms with van der Waals surface area (Å²) in [5.74, 6) is -3.40. The molecule has 0 saturated carbocycles. The van der Waals surface area contributed by atoms with Crippen LogP contribution in [-0.4, -0.2) is 60.2 Å². The summed E-state index contributed by atoms with van der Waals surface area (Å²) in [6.07, 6.45) is 1.06. The molecule has 1 aromatic heterocycles. The number of rotatable bonds is 6. The third kappa shape index (κ3) is 3.87. The zero-order chi connectivity index (χ0) is 23.1. The lowest BCUT2D eigenvalue weighted by Gasteiger charge is -2.42. The summed E-state index contributed by atoms with van der Waals surface area (Å²) in [7, 11) is -0.979. The maximum atomic E-state index is 15.6. The molecule has 1 atom stereocenters. The summed E-state index contributed by atoms with van der Waals surface area (Å²) < 4.78 is 56.1. The monoisotopic (exact) mass is 459 g/mol. The van der Waals surface area contributed by atoms with E-state index in [1.54, 1.807) is 13.8 Å². The molecule has 1 aliphatic rings. The first-order valence-corrected chi connectivity index (χ1v) is 11.1. The Balaban J connectivity index is 2.11. The maximum absolute atomic E-state index is 15.6. The molecule has 1 unspecified atom stereocenters. The first-order chi connectivity index (χ1) is 14.6. The topological polar surface area (TPSA) is 101 Å². The van der Waals surface area contributed by atoms with Crippen molar-refractivity contribution < 1.29 is 32.3 Å². The van der Waals surface area contributed by atoms with Gasteiger partial charge in [0.05, 0.1) is 10.9 Å². The van der Waals surface area contributed by atoms with Gasteiger partial charge in [0.2, 0.25) is 5.43 Å². The van der Waals surface area contributed by atoms with Crippen molar-refractivity contribution in [3.05, 3.63) is 39.7 Å². The molecule has 170 valence electrons. The summed E-state index contributed by atoms with van der Waals surface area (Å²) in [6.45, 7) is 3.98. The summed E-state index contributed by atoms with van der Waals surface area (Å²) in [5, 5.41) is 8.91. The number of carbonyl (C=O) groups is 1. The Morgan fingerprint density at radius 3 is 2.45 bits per heavy atom. The zero-order valence-corrected chi connectivity index (χ0v) is 18.5. The number of pyridine rings is 1. The lowest BCUT2D eigenvalue weighted by atomic mass is 10.1. The van der Waals surface area contributed by atoms with E-state index < -0.39 is 42.4 Å². The van der Waals surface area contributed by atoms with E-state index in [1.165, 1.54) is 28.4 Å². The van der Waals surface area contributed by atoms with Crippen molar-refractivity contribution in [2.24, 2.45) is 0 Å². The Labute approximate surface area is 177 Å². The molecule has 2 heterocycles. The molecule has 1 N–H and O–H groups in total. The van der Waals surface area contributed by atoms with Gasteiger partial charge in [-0.25, -0.2) is 22.8 Å². The molecule has 1 aliphatic heterocycles. The Morgan fingerprint density at radius 1 is 1.29 bits per heavy atom. The minimum Gasteiger partial charge on any atom is -0.477 e. The van der Waals surface area contributed by atoms with Crippen LogP contribution in [0.5, 0.6) is 0 Å². The number of hydrogen-bond donors (Lipinski definition) is 1. The predicted molar refractivity (Wildman–Crippen MR) is 111 cm³/mol. The van der Waals surface area contributed by atoms with E-state index in [9.17, 15) is 19.3 Å². The van der Waals surface area contributed by atoms with Crippen molar-refractivity contribution in [1.82, 2.24) is 9.24 Å². The number of benzene rings is 1. The van der Waals surface area contributed by atoms with Crippen molar-refractivity contribution in [3.63, 3.8) is 0 Å². The van der Waals surface area contributed by atoms with Crippen molar-refractivity contribution in [2.45, 2.75) is 26.4 Å². The molecule has 0 radical (unpaired) electrons. The van der Waals surface area contributed by atoms with Gasteiger partial charge in [0.25, 0.3) is 0 Å². The number of anilines is 1. The number of fused-ring (bicyclic) bond motifs is 1. The SMILES string of the molecule is CCn1cc(C(=O)O)c(=O)c2cc(F)c(N3CCN(P(=O)(OC)OC)C(C)C3)c(F)c21. The van der Waals surface area contributed by atoms with Crippen LogP contribution in [0.2, 0.25) is 0 Å². The minimum absolute atomic E-state index is 0.125. The van der Waals surface area contributed by atoms with Gasteiger partial charge in [-0.1, -0.05) is 0 Å². The van der Waals surface area contributed by atoms with E-state index in [-0.39, 0.29) is 42.8 Å².